The Kier molecular flexibility index (Phi) is 9.03. The number of allylic oxidation sites excluding steroid dienone is 4. The van der Waals surface area contributed by atoms with Crippen LogP contribution in [0.2, 0.25) is 0 Å². The Morgan fingerprint density at radius 3 is 2.71 bits per heavy atom. The number of nitrogens with zero attached hydrogens (tertiary/aromatic N) is 1. The molecule has 0 aromatic rings. The van der Waals surface area contributed by atoms with Gasteiger partial charge in [-0.2, -0.15) is 0 Å². The number of hydrogen-bond donors (Lipinski definition) is 3. The zero-order valence-corrected chi connectivity index (χ0v) is 23.6. The smallest absolute Gasteiger partial charge is 0.325 e. The van der Waals surface area contributed by atoms with Crippen molar-refractivity contribution in [1.82, 2.24) is 5.32 Å². The minimum Gasteiger partial charge on any atom is -0.456 e. The van der Waals surface area contributed by atoms with E-state index in [0.29, 0.717) is 38.5 Å². The Morgan fingerprint density at radius 2 is 1.98 bits per heavy atom. The van der Waals surface area contributed by atoms with E-state index >= 15 is 0 Å². The zero-order chi connectivity index (χ0) is 30.0. The van der Waals surface area contributed by atoms with Crippen molar-refractivity contribution < 1.29 is 44.1 Å². The van der Waals surface area contributed by atoms with Crippen LogP contribution in [0.25, 0.3) is 0 Å². The minimum absolute atomic E-state index is 0.0236. The van der Waals surface area contributed by atoms with E-state index in [0.717, 1.165) is 5.57 Å². The highest BCUT2D eigenvalue weighted by Gasteiger charge is 2.67. The van der Waals surface area contributed by atoms with Crippen molar-refractivity contribution in [2.75, 3.05) is 19.8 Å². The van der Waals surface area contributed by atoms with Crippen LogP contribution in [-0.2, 0) is 28.8 Å². The second-order valence-electron chi connectivity index (χ2n) is 12.3. The molecule has 1 amide bonds. The number of carbonyl (C=O) groups excluding carboxylic acids is 4. The molecule has 41 heavy (non-hydrogen) atoms. The number of hydrogen-bond acceptors (Lipinski definition) is 10. The number of esters is 1. The summed E-state index contributed by atoms with van der Waals surface area (Å²) in [6.45, 7) is 2.79. The minimum atomic E-state index is -1.77. The van der Waals surface area contributed by atoms with Crippen molar-refractivity contribution in [3.05, 3.63) is 33.9 Å². The first-order chi connectivity index (χ1) is 19.3. The van der Waals surface area contributed by atoms with Crippen LogP contribution < -0.4 is 5.32 Å². The van der Waals surface area contributed by atoms with Gasteiger partial charge in [-0.15, -0.1) is 10.1 Å². The van der Waals surface area contributed by atoms with E-state index in [4.69, 9.17) is 4.74 Å². The molecule has 12 heteroatoms. The molecule has 0 heterocycles. The largest absolute Gasteiger partial charge is 0.456 e. The molecule has 0 aliphatic heterocycles. The standard InChI is InChI=1S/C29H40N2O10/c1-27-11-9-19(32)14-18(27)7-8-20-21-10-12-29(37,28(21,2)15-22(33)26(20)27)23(34)17-40-25(36)16-30-24(35)6-4-3-5-13-41-31(38)39/h7,9,11,20-22,26,33,37H,3-6,8,10,12-17H2,1-2H3,(H,30,35)/t20-,21-,22-,26+,27-,28-,29-/m0/s1. The molecule has 0 spiro atoms. The molecule has 4 aliphatic rings. The van der Waals surface area contributed by atoms with Crippen LogP contribution in [0.3, 0.4) is 0 Å². The van der Waals surface area contributed by atoms with Crippen molar-refractivity contribution in [2.24, 2.45) is 28.6 Å². The molecular formula is C29H40N2O10. The van der Waals surface area contributed by atoms with Gasteiger partial charge in [0.25, 0.3) is 5.09 Å². The Balaban J connectivity index is 1.29. The van der Waals surface area contributed by atoms with Crippen LogP contribution in [0.1, 0.15) is 71.6 Å². The van der Waals surface area contributed by atoms with E-state index in [1.54, 1.807) is 6.08 Å². The fraction of sp³-hybridized carbons (Fsp3) is 0.724. The summed E-state index contributed by atoms with van der Waals surface area (Å²) in [5.41, 5.74) is -2.10. The number of carbonyl (C=O) groups is 4. The first-order valence-corrected chi connectivity index (χ1v) is 14.4. The average molecular weight is 577 g/mol. The van der Waals surface area contributed by atoms with Gasteiger partial charge in [0.2, 0.25) is 11.7 Å². The number of unbranched alkanes of at least 4 members (excludes halogenated alkanes) is 2. The number of fused-ring (bicyclic) bond motifs is 5. The number of aliphatic hydroxyl groups is 2. The number of amides is 1. The molecule has 0 aromatic carbocycles. The summed E-state index contributed by atoms with van der Waals surface area (Å²) in [6, 6.07) is 0. The number of rotatable bonds is 12. The molecule has 0 radical (unpaired) electrons. The van der Waals surface area contributed by atoms with Gasteiger partial charge in [-0.25, -0.2) is 0 Å². The molecule has 7 atom stereocenters. The van der Waals surface area contributed by atoms with Gasteiger partial charge in [-0.1, -0.05) is 38.0 Å². The summed E-state index contributed by atoms with van der Waals surface area (Å²) in [6.07, 6.45) is 8.40. The molecule has 2 saturated carbocycles. The van der Waals surface area contributed by atoms with Crippen molar-refractivity contribution in [3.8, 4) is 0 Å². The van der Waals surface area contributed by atoms with E-state index in [9.17, 15) is 39.5 Å². The van der Waals surface area contributed by atoms with Crippen LogP contribution in [0.15, 0.2) is 23.8 Å². The summed E-state index contributed by atoms with van der Waals surface area (Å²) in [7, 11) is 0. The van der Waals surface area contributed by atoms with Gasteiger partial charge >= 0.3 is 5.97 Å². The van der Waals surface area contributed by atoms with E-state index in [2.05, 4.69) is 23.2 Å². The lowest BCUT2D eigenvalue weighted by molar-refractivity contribution is -0.757. The number of aliphatic hydroxyl groups excluding tert-OH is 1. The van der Waals surface area contributed by atoms with Gasteiger partial charge in [-0.05, 0) is 56.4 Å². The third kappa shape index (κ3) is 5.94. The maximum atomic E-state index is 13.3. The Hall–Kier alpha value is -3.12. The summed E-state index contributed by atoms with van der Waals surface area (Å²) >= 11 is 0. The number of Topliss-reactive ketones (excluding diaryl/α,β-unsaturated/α-hetero) is 1. The Bertz CT molecular complexity index is 1150. The van der Waals surface area contributed by atoms with E-state index in [-0.39, 0.29) is 49.4 Å². The molecular weight excluding hydrogens is 536 g/mol. The monoisotopic (exact) mass is 576 g/mol. The van der Waals surface area contributed by atoms with Gasteiger partial charge in [0, 0.05) is 29.6 Å². The summed E-state index contributed by atoms with van der Waals surface area (Å²) in [5, 5.41) is 34.8. The fourth-order valence-electron chi connectivity index (χ4n) is 7.98. The average Bonchev–Trinajstić information content (AvgIpc) is 3.18. The zero-order valence-electron chi connectivity index (χ0n) is 23.6. The van der Waals surface area contributed by atoms with Gasteiger partial charge in [0.15, 0.2) is 12.4 Å². The molecule has 4 aliphatic carbocycles. The molecule has 4 rings (SSSR count). The molecule has 12 nitrogen and oxygen atoms in total. The lowest BCUT2D eigenvalue weighted by Gasteiger charge is -2.58. The van der Waals surface area contributed by atoms with E-state index in [1.165, 1.54) is 0 Å². The fourth-order valence-corrected chi connectivity index (χ4v) is 7.98. The van der Waals surface area contributed by atoms with E-state index < -0.39 is 58.4 Å². The molecule has 3 N–H and O–H groups in total. The van der Waals surface area contributed by atoms with Crippen LogP contribution in [-0.4, -0.2) is 70.2 Å². The Morgan fingerprint density at radius 1 is 1.22 bits per heavy atom. The van der Waals surface area contributed by atoms with Crippen LogP contribution >= 0.6 is 0 Å². The predicted octanol–water partition coefficient (Wildman–Crippen LogP) is 1.99. The van der Waals surface area contributed by atoms with Gasteiger partial charge in [-0.3, -0.25) is 19.2 Å². The van der Waals surface area contributed by atoms with Gasteiger partial charge in [0.1, 0.15) is 12.1 Å². The summed E-state index contributed by atoms with van der Waals surface area (Å²) in [5.74, 6) is -1.91. The third-order valence-corrected chi connectivity index (χ3v) is 10.1. The van der Waals surface area contributed by atoms with Crippen LogP contribution in [0.5, 0.6) is 0 Å². The molecule has 226 valence electrons. The predicted molar refractivity (Wildman–Crippen MR) is 143 cm³/mol. The van der Waals surface area contributed by atoms with Gasteiger partial charge < -0.3 is 25.1 Å². The molecule has 2 fully saturated rings. The Labute approximate surface area is 238 Å². The number of ketones is 2. The number of nitrogens with one attached hydrogen (secondary N) is 1. The maximum Gasteiger partial charge on any atom is 0.325 e. The normalized spacial score (nSPS) is 35.4. The molecule has 0 bridgehead atoms. The molecule has 0 aromatic heterocycles. The molecule has 0 unspecified atom stereocenters. The second kappa shape index (κ2) is 12.0. The molecule has 0 saturated heterocycles. The quantitative estimate of drug-likeness (QED) is 0.102. The first-order valence-electron chi connectivity index (χ1n) is 14.4. The highest BCUT2D eigenvalue weighted by atomic mass is 16.9. The highest BCUT2D eigenvalue weighted by molar-refractivity contribution is 5.93. The lowest BCUT2D eigenvalue weighted by Crippen LogP contribution is -2.61. The van der Waals surface area contributed by atoms with Crippen molar-refractivity contribution in [3.63, 3.8) is 0 Å². The third-order valence-electron chi connectivity index (χ3n) is 10.1. The summed E-state index contributed by atoms with van der Waals surface area (Å²) < 4.78 is 5.11. The van der Waals surface area contributed by atoms with Gasteiger partial charge in [0.05, 0.1) is 12.7 Å². The summed E-state index contributed by atoms with van der Waals surface area (Å²) in [4.78, 5) is 63.8. The highest BCUT2D eigenvalue weighted by Crippen LogP contribution is 2.66. The maximum absolute atomic E-state index is 13.3. The van der Waals surface area contributed by atoms with Crippen LogP contribution in [0.4, 0.5) is 0 Å². The topological polar surface area (TPSA) is 182 Å². The SMILES string of the molecule is C[C@]12C=CC(=O)CC1=CC[C@@H]1[C@@H]2[C@@H](O)C[C@@]2(C)[C@H]1CC[C@]2(O)C(=O)COC(=O)CNC(=O)CCCCCO[N+](=O)[O-]. The van der Waals surface area contributed by atoms with E-state index in [1.807, 2.05) is 13.0 Å². The van der Waals surface area contributed by atoms with Crippen molar-refractivity contribution in [2.45, 2.75) is 83.3 Å². The van der Waals surface area contributed by atoms with Crippen LogP contribution in [0, 0.1) is 38.7 Å². The van der Waals surface area contributed by atoms with Crippen molar-refractivity contribution in [1.29, 1.82) is 0 Å². The lowest BCUT2D eigenvalue weighted by atomic mass is 9.47. The second-order valence-corrected chi connectivity index (χ2v) is 12.3. The van der Waals surface area contributed by atoms with Crippen molar-refractivity contribution >= 4 is 23.4 Å². The first kappa shape index (κ1) is 30.8. The number of ether oxygens (including phenoxy) is 1.